The van der Waals surface area contributed by atoms with Crippen LogP contribution in [0.25, 0.3) is 5.53 Å². The van der Waals surface area contributed by atoms with Crippen molar-refractivity contribution in [2.45, 2.75) is 24.5 Å². The van der Waals surface area contributed by atoms with Crippen molar-refractivity contribution in [3.8, 4) is 0 Å². The Hall–Kier alpha value is -3.53. The Bertz CT molecular complexity index is 1150. The lowest BCUT2D eigenvalue weighted by atomic mass is 9.56. The van der Waals surface area contributed by atoms with E-state index in [1.165, 1.54) is 31.1 Å². The van der Waals surface area contributed by atoms with Gasteiger partial charge in [-0.3, -0.25) is 19.3 Å². The average Bonchev–Trinajstić information content (AvgIpc) is 2.70. The molecule has 1 unspecified atom stereocenters. The second kappa shape index (κ2) is 6.99. The molecule has 6 N–H and O–H groups in total. The van der Waals surface area contributed by atoms with Crippen molar-refractivity contribution < 1.29 is 39.6 Å². The van der Waals surface area contributed by atoms with Gasteiger partial charge in [-0.2, -0.15) is 4.79 Å². The van der Waals surface area contributed by atoms with Crippen molar-refractivity contribution >= 4 is 23.2 Å². The van der Waals surface area contributed by atoms with Gasteiger partial charge >= 0.3 is 0 Å². The highest BCUT2D eigenvalue weighted by Gasteiger charge is 2.64. The van der Waals surface area contributed by atoms with Gasteiger partial charge in [0.2, 0.25) is 5.78 Å². The number of Topliss-reactive ketones (excluding diaryl/α,β-unsaturated/α-hetero) is 2. The van der Waals surface area contributed by atoms with Crippen molar-refractivity contribution in [2.75, 3.05) is 14.1 Å². The van der Waals surface area contributed by atoms with Gasteiger partial charge in [-0.05, 0) is 38.9 Å². The highest BCUT2D eigenvalue weighted by Crippen LogP contribution is 2.53. The molecule has 1 amide bonds. The minimum atomic E-state index is -2.67. The number of hydrogen-bond acceptors (Lipinski definition) is 8. The number of primary amides is 1. The number of rotatable bonds is 2. The Morgan fingerprint density at radius 3 is 2.41 bits per heavy atom. The fourth-order valence-electron chi connectivity index (χ4n) is 5.53. The summed E-state index contributed by atoms with van der Waals surface area (Å²) in [6, 6.07) is -1.14. The van der Waals surface area contributed by atoms with E-state index < -0.39 is 64.0 Å². The molecule has 0 aromatic heterocycles. The Morgan fingerprint density at radius 1 is 1.19 bits per heavy atom. The lowest BCUT2D eigenvalue weighted by Crippen LogP contribution is -2.66. The molecule has 5 atom stereocenters. The molecule has 11 nitrogen and oxygen atoms in total. The largest absolute Gasteiger partial charge is 0.508 e. The van der Waals surface area contributed by atoms with E-state index in [1.54, 1.807) is 0 Å². The molecule has 0 radical (unpaired) electrons. The van der Waals surface area contributed by atoms with Crippen LogP contribution in [0.2, 0.25) is 0 Å². The van der Waals surface area contributed by atoms with Crippen molar-refractivity contribution in [2.24, 2.45) is 23.5 Å². The number of aliphatic hydroxyl groups is 4. The Labute approximate surface area is 182 Å². The maximum absolute atomic E-state index is 13.6. The smallest absolute Gasteiger partial charge is 0.299 e. The van der Waals surface area contributed by atoms with Crippen LogP contribution in [0.1, 0.15) is 12.8 Å². The molecule has 32 heavy (non-hydrogen) atoms. The molecule has 4 aliphatic rings. The molecule has 0 saturated heterocycles. The van der Waals surface area contributed by atoms with Gasteiger partial charge in [0.1, 0.15) is 22.9 Å². The zero-order valence-electron chi connectivity index (χ0n) is 17.3. The molecule has 0 aromatic rings. The van der Waals surface area contributed by atoms with E-state index in [0.717, 1.165) is 0 Å². The van der Waals surface area contributed by atoms with Crippen molar-refractivity contribution in [1.29, 1.82) is 0 Å². The Morgan fingerprint density at radius 2 is 1.84 bits per heavy atom. The zero-order chi connectivity index (χ0) is 23.7. The van der Waals surface area contributed by atoms with Crippen LogP contribution < -0.4 is 5.73 Å². The SMILES string of the molecule is CN(C)[C@@H]1C(=O)C(C(N)=O)=C(O)[C@@]2(O)C(=O)C3=C(O)C4=C(O)C=CC(=[N+]=[N-])C4C[C@H]3C[C@@H]12. The van der Waals surface area contributed by atoms with E-state index >= 15 is 0 Å². The van der Waals surface area contributed by atoms with Crippen molar-refractivity contribution in [1.82, 2.24) is 4.90 Å². The number of carbonyl (C=O) groups is 3. The van der Waals surface area contributed by atoms with Gasteiger partial charge in [0.05, 0.1) is 17.5 Å². The molecule has 0 heterocycles. The third kappa shape index (κ3) is 2.59. The summed E-state index contributed by atoms with van der Waals surface area (Å²) in [6.07, 6.45) is 2.71. The molecule has 11 heteroatoms. The van der Waals surface area contributed by atoms with E-state index in [9.17, 15) is 40.3 Å². The molecule has 168 valence electrons. The predicted molar refractivity (Wildman–Crippen MR) is 108 cm³/mol. The van der Waals surface area contributed by atoms with Gasteiger partial charge < -0.3 is 31.7 Å². The number of aliphatic hydroxyl groups excluding tert-OH is 3. The quantitative estimate of drug-likeness (QED) is 0.216. The first-order valence-corrected chi connectivity index (χ1v) is 9.94. The number of likely N-dealkylation sites (N-methyl/N-ethyl adjacent to an activating group) is 1. The topological polar surface area (TPSA) is 198 Å². The van der Waals surface area contributed by atoms with E-state index in [-0.39, 0.29) is 35.5 Å². The molecule has 1 fully saturated rings. The average molecular weight is 442 g/mol. The number of hydrogen-bond donors (Lipinski definition) is 5. The molecule has 1 saturated carbocycles. The molecule has 0 spiro atoms. The lowest BCUT2D eigenvalue weighted by molar-refractivity contribution is -0.154. The maximum Gasteiger partial charge on any atom is 0.299 e. The third-order valence-electron chi connectivity index (χ3n) is 6.91. The first-order chi connectivity index (χ1) is 15.0. The molecule has 0 bridgehead atoms. The second-order valence-electron chi connectivity index (χ2n) is 8.70. The maximum atomic E-state index is 13.6. The van der Waals surface area contributed by atoms with Crippen molar-refractivity contribution in [3.05, 3.63) is 51.7 Å². The summed E-state index contributed by atoms with van der Waals surface area (Å²) in [5.41, 5.74) is 11.0. The van der Waals surface area contributed by atoms with Crippen LogP contribution in [0.3, 0.4) is 0 Å². The Kier molecular flexibility index (Phi) is 4.74. The standard InChI is InChI=1S/C21H22N4O7/c1-25(2)15-9-6-7-5-8-10(24-23)3-4-11(26)13(8)16(27)12(7)18(29)21(9,32)19(30)14(17(15)28)20(22)31/h3-4,7-9,15,26-27,30,32H,5-6H2,1-2H3,(H2,22,31)/t7-,8?,9-,15-,21-/m0/s1. The van der Waals surface area contributed by atoms with Crippen LogP contribution in [0.15, 0.2) is 46.1 Å². The summed E-state index contributed by atoms with van der Waals surface area (Å²) < 4.78 is 0. The summed E-state index contributed by atoms with van der Waals surface area (Å²) in [5, 5.41) is 43.4. The highest BCUT2D eigenvalue weighted by molar-refractivity contribution is 6.24. The van der Waals surface area contributed by atoms with Gasteiger partial charge in [0.15, 0.2) is 11.4 Å². The van der Waals surface area contributed by atoms with Crippen LogP contribution in [-0.2, 0) is 14.4 Å². The molecular formula is C21H22N4O7. The molecule has 0 aliphatic heterocycles. The normalized spacial score (nSPS) is 34.4. The fraction of sp³-hybridized carbons (Fsp3) is 0.429. The van der Waals surface area contributed by atoms with Gasteiger partial charge in [-0.25, -0.2) is 0 Å². The van der Waals surface area contributed by atoms with E-state index in [2.05, 4.69) is 4.79 Å². The summed E-state index contributed by atoms with van der Waals surface area (Å²) in [7, 11) is 3.05. The number of nitrogens with two attached hydrogens (primary N) is 1. The number of fused-ring (bicyclic) bond motifs is 3. The molecular weight excluding hydrogens is 420 g/mol. The van der Waals surface area contributed by atoms with E-state index in [4.69, 9.17) is 5.73 Å². The summed E-state index contributed by atoms with van der Waals surface area (Å²) >= 11 is 0. The van der Waals surface area contributed by atoms with Gasteiger partial charge in [-0.1, -0.05) is 0 Å². The highest BCUT2D eigenvalue weighted by atomic mass is 16.3. The lowest BCUT2D eigenvalue weighted by Gasteiger charge is -2.50. The summed E-state index contributed by atoms with van der Waals surface area (Å²) in [6.45, 7) is 0. The third-order valence-corrected chi connectivity index (χ3v) is 6.91. The number of ketones is 2. The molecule has 0 aromatic carbocycles. The summed E-state index contributed by atoms with van der Waals surface area (Å²) in [4.78, 5) is 43.1. The first kappa shape index (κ1) is 21.7. The number of nitrogens with zero attached hydrogens (tertiary/aromatic N) is 3. The van der Waals surface area contributed by atoms with Crippen LogP contribution in [0, 0.1) is 17.8 Å². The van der Waals surface area contributed by atoms with E-state index in [1.807, 2.05) is 0 Å². The number of allylic oxidation sites excluding steroid dienone is 3. The number of carbonyl (C=O) groups excluding carboxylic acids is 3. The monoisotopic (exact) mass is 442 g/mol. The zero-order valence-corrected chi connectivity index (χ0v) is 17.3. The molecule has 4 rings (SSSR count). The molecule has 4 aliphatic carbocycles. The second-order valence-corrected chi connectivity index (χ2v) is 8.70. The number of amides is 1. The van der Waals surface area contributed by atoms with Gasteiger partial charge in [-0.15, -0.1) is 0 Å². The Balaban J connectivity index is 1.97. The minimum absolute atomic E-state index is 0.0146. The van der Waals surface area contributed by atoms with Crippen LogP contribution >= 0.6 is 0 Å². The van der Waals surface area contributed by atoms with Crippen LogP contribution in [-0.4, -0.2) is 79.0 Å². The minimum Gasteiger partial charge on any atom is -0.508 e. The van der Waals surface area contributed by atoms with Crippen LogP contribution in [0.5, 0.6) is 0 Å². The van der Waals surface area contributed by atoms with Gasteiger partial charge in [0.25, 0.3) is 11.6 Å². The fourth-order valence-corrected chi connectivity index (χ4v) is 5.53. The van der Waals surface area contributed by atoms with E-state index in [0.29, 0.717) is 0 Å². The van der Waals surface area contributed by atoms with Gasteiger partial charge in [0, 0.05) is 17.6 Å². The predicted octanol–water partition coefficient (Wildman–Crippen LogP) is -0.382. The summed E-state index contributed by atoms with van der Waals surface area (Å²) in [5.74, 6) is -7.80. The van der Waals surface area contributed by atoms with Crippen LogP contribution in [0.4, 0.5) is 0 Å². The van der Waals surface area contributed by atoms with Crippen molar-refractivity contribution in [3.63, 3.8) is 0 Å². The first-order valence-electron chi connectivity index (χ1n) is 9.94.